The number of rotatable bonds is 4. The van der Waals surface area contributed by atoms with Crippen LogP contribution in [0.25, 0.3) is 0 Å². The molecule has 0 atom stereocenters. The number of nitrogen functional groups attached to an aromatic ring is 1. The lowest BCUT2D eigenvalue weighted by molar-refractivity contribution is -0.384. The molecule has 0 saturated heterocycles. The highest BCUT2D eigenvalue weighted by Gasteiger charge is 2.16. The van der Waals surface area contributed by atoms with Crippen molar-refractivity contribution in [3.8, 4) is 0 Å². The fraction of sp³-hybridized carbons (Fsp3) is 0.154. The molecule has 0 bridgehead atoms. The number of para-hydroxylation sites is 1. The van der Waals surface area contributed by atoms with Gasteiger partial charge >= 0.3 is 0 Å². The zero-order valence-electron chi connectivity index (χ0n) is 10.9. The van der Waals surface area contributed by atoms with Crippen LogP contribution in [0.2, 0.25) is 0 Å². The lowest BCUT2D eigenvalue weighted by Crippen LogP contribution is -2.22. The fourth-order valence-electron chi connectivity index (χ4n) is 2.00. The van der Waals surface area contributed by atoms with Crippen LogP contribution in [0.5, 0.6) is 0 Å². The van der Waals surface area contributed by atoms with Gasteiger partial charge in [-0.25, -0.2) is 0 Å². The molecule has 7 heteroatoms. The number of hydrazine groups is 1. The largest absolute Gasteiger partial charge is 0.318 e. The molecule has 0 saturated carbocycles. The summed E-state index contributed by atoms with van der Waals surface area (Å²) >= 11 is 0. The highest BCUT2D eigenvalue weighted by Crippen LogP contribution is 2.27. The van der Waals surface area contributed by atoms with Crippen LogP contribution in [-0.2, 0) is 6.54 Å². The first-order chi connectivity index (χ1) is 9.54. The third kappa shape index (κ3) is 2.52. The summed E-state index contributed by atoms with van der Waals surface area (Å²) in [5, 5.41) is 10.9. The second-order valence-electron chi connectivity index (χ2n) is 4.34. The predicted molar refractivity (Wildman–Crippen MR) is 75.4 cm³/mol. The lowest BCUT2D eigenvalue weighted by atomic mass is 10.1. The Morgan fingerprint density at radius 3 is 2.75 bits per heavy atom. The molecule has 104 valence electrons. The minimum Gasteiger partial charge on any atom is -0.318 e. The summed E-state index contributed by atoms with van der Waals surface area (Å²) in [6.45, 7) is 1.93. The average Bonchev–Trinajstić information content (AvgIpc) is 2.43. The zero-order valence-corrected chi connectivity index (χ0v) is 10.9. The SMILES string of the molecule is Cc1cccn(Cc2cccc([N+](=O)[O-])c2NN)c1=O. The minimum atomic E-state index is -0.516. The first-order valence-corrected chi connectivity index (χ1v) is 5.93. The molecule has 20 heavy (non-hydrogen) atoms. The number of hydrogen-bond donors (Lipinski definition) is 2. The van der Waals surface area contributed by atoms with Crippen LogP contribution in [0.3, 0.4) is 0 Å². The topological polar surface area (TPSA) is 103 Å². The summed E-state index contributed by atoms with van der Waals surface area (Å²) in [6, 6.07) is 8.09. The van der Waals surface area contributed by atoms with Crippen LogP contribution in [0.15, 0.2) is 41.3 Å². The number of hydrogen-bond acceptors (Lipinski definition) is 5. The molecule has 0 radical (unpaired) electrons. The van der Waals surface area contributed by atoms with E-state index in [2.05, 4.69) is 5.43 Å². The molecule has 7 nitrogen and oxygen atoms in total. The van der Waals surface area contributed by atoms with Gasteiger partial charge in [-0.1, -0.05) is 18.2 Å². The first-order valence-electron chi connectivity index (χ1n) is 5.93. The van der Waals surface area contributed by atoms with E-state index in [0.717, 1.165) is 0 Å². The number of nitrogens with zero attached hydrogens (tertiary/aromatic N) is 2. The van der Waals surface area contributed by atoms with Crippen LogP contribution < -0.4 is 16.8 Å². The van der Waals surface area contributed by atoms with Crippen molar-refractivity contribution in [1.29, 1.82) is 0 Å². The van der Waals surface area contributed by atoms with Gasteiger partial charge in [-0.15, -0.1) is 0 Å². The number of pyridine rings is 1. The van der Waals surface area contributed by atoms with E-state index in [1.807, 2.05) is 0 Å². The van der Waals surface area contributed by atoms with Crippen LogP contribution >= 0.6 is 0 Å². The fourth-order valence-corrected chi connectivity index (χ4v) is 2.00. The van der Waals surface area contributed by atoms with Crippen molar-refractivity contribution in [2.45, 2.75) is 13.5 Å². The Hall–Kier alpha value is -2.67. The summed E-state index contributed by atoms with van der Waals surface area (Å²) in [6.07, 6.45) is 1.63. The molecule has 1 aromatic heterocycles. The Kier molecular flexibility index (Phi) is 3.81. The maximum absolute atomic E-state index is 12.0. The van der Waals surface area contributed by atoms with E-state index in [9.17, 15) is 14.9 Å². The average molecular weight is 274 g/mol. The second-order valence-corrected chi connectivity index (χ2v) is 4.34. The number of anilines is 1. The van der Waals surface area contributed by atoms with Crippen LogP contribution in [0.4, 0.5) is 11.4 Å². The number of aryl methyl sites for hydroxylation is 1. The number of aromatic nitrogens is 1. The van der Waals surface area contributed by atoms with E-state index in [1.54, 1.807) is 37.4 Å². The normalized spacial score (nSPS) is 10.3. The minimum absolute atomic E-state index is 0.120. The summed E-state index contributed by atoms with van der Waals surface area (Å²) in [5.41, 5.74) is 3.49. The van der Waals surface area contributed by atoms with E-state index in [0.29, 0.717) is 11.1 Å². The van der Waals surface area contributed by atoms with Gasteiger partial charge < -0.3 is 9.99 Å². The molecule has 1 heterocycles. The van der Waals surface area contributed by atoms with Crippen LogP contribution in [0.1, 0.15) is 11.1 Å². The Morgan fingerprint density at radius 2 is 2.10 bits per heavy atom. The number of nitro benzene ring substituents is 1. The molecular weight excluding hydrogens is 260 g/mol. The van der Waals surface area contributed by atoms with Crippen molar-refractivity contribution in [1.82, 2.24) is 4.57 Å². The van der Waals surface area contributed by atoms with Gasteiger partial charge in [-0.3, -0.25) is 20.8 Å². The van der Waals surface area contributed by atoms with Crippen molar-refractivity contribution in [2.24, 2.45) is 5.84 Å². The zero-order chi connectivity index (χ0) is 14.7. The third-order valence-corrected chi connectivity index (χ3v) is 3.02. The quantitative estimate of drug-likeness (QED) is 0.498. The molecule has 1 aromatic carbocycles. The third-order valence-electron chi connectivity index (χ3n) is 3.02. The summed E-state index contributed by atoms with van der Waals surface area (Å²) < 4.78 is 1.48. The van der Waals surface area contributed by atoms with Gasteiger partial charge in [0.05, 0.1) is 11.5 Å². The Labute approximate surface area is 114 Å². The predicted octanol–water partition coefficient (Wildman–Crippen LogP) is 1.40. The van der Waals surface area contributed by atoms with Crippen molar-refractivity contribution in [3.05, 3.63) is 68.1 Å². The van der Waals surface area contributed by atoms with Gasteiger partial charge in [0.25, 0.3) is 11.2 Å². The van der Waals surface area contributed by atoms with E-state index in [1.165, 1.54) is 10.6 Å². The molecule has 0 unspecified atom stereocenters. The van der Waals surface area contributed by atoms with Gasteiger partial charge in [0.15, 0.2) is 0 Å². The maximum Gasteiger partial charge on any atom is 0.293 e. The van der Waals surface area contributed by atoms with Gasteiger partial charge in [-0.2, -0.15) is 0 Å². The Balaban J connectivity index is 2.49. The molecule has 0 amide bonds. The van der Waals surface area contributed by atoms with Crippen molar-refractivity contribution >= 4 is 11.4 Å². The van der Waals surface area contributed by atoms with E-state index >= 15 is 0 Å². The smallest absolute Gasteiger partial charge is 0.293 e. The monoisotopic (exact) mass is 274 g/mol. The van der Waals surface area contributed by atoms with Crippen molar-refractivity contribution < 1.29 is 4.92 Å². The number of nitrogens with one attached hydrogen (secondary N) is 1. The molecule has 0 fully saturated rings. The first kappa shape index (κ1) is 13.8. The van der Waals surface area contributed by atoms with Gasteiger partial charge in [0.2, 0.25) is 0 Å². The summed E-state index contributed by atoms with van der Waals surface area (Å²) in [5.74, 6) is 5.37. The number of nitrogens with two attached hydrogens (primary N) is 1. The molecule has 3 N–H and O–H groups in total. The lowest BCUT2D eigenvalue weighted by Gasteiger charge is -2.11. The van der Waals surface area contributed by atoms with E-state index in [-0.39, 0.29) is 23.5 Å². The number of nitro groups is 1. The molecule has 2 rings (SSSR count). The van der Waals surface area contributed by atoms with Gasteiger partial charge in [0.1, 0.15) is 5.69 Å². The van der Waals surface area contributed by atoms with Gasteiger partial charge in [-0.05, 0) is 13.0 Å². The molecule has 0 spiro atoms. The number of benzene rings is 1. The molecular formula is C13H14N4O3. The molecule has 0 aliphatic rings. The van der Waals surface area contributed by atoms with Gasteiger partial charge in [0, 0.05) is 23.4 Å². The molecule has 0 aliphatic carbocycles. The Bertz CT molecular complexity index is 709. The van der Waals surface area contributed by atoms with Crippen LogP contribution in [0, 0.1) is 17.0 Å². The second kappa shape index (κ2) is 5.54. The van der Waals surface area contributed by atoms with Crippen molar-refractivity contribution in [3.63, 3.8) is 0 Å². The summed E-state index contributed by atoms with van der Waals surface area (Å²) in [7, 11) is 0. The van der Waals surface area contributed by atoms with E-state index in [4.69, 9.17) is 5.84 Å². The summed E-state index contributed by atoms with van der Waals surface area (Å²) in [4.78, 5) is 22.4. The highest BCUT2D eigenvalue weighted by atomic mass is 16.6. The molecule has 0 aliphatic heterocycles. The molecule has 2 aromatic rings. The van der Waals surface area contributed by atoms with Crippen LogP contribution in [-0.4, -0.2) is 9.49 Å². The standard InChI is InChI=1S/C13H14N4O3/c1-9-4-3-7-16(13(9)18)8-10-5-2-6-11(17(19)20)12(10)15-14/h2-7,15H,8,14H2,1H3. The van der Waals surface area contributed by atoms with Crippen molar-refractivity contribution in [2.75, 3.05) is 5.43 Å². The van der Waals surface area contributed by atoms with E-state index < -0.39 is 4.92 Å². The Morgan fingerprint density at radius 1 is 1.35 bits per heavy atom. The maximum atomic E-state index is 12.0. The highest BCUT2D eigenvalue weighted by molar-refractivity contribution is 5.65.